The molecule has 3 heteroatoms. The molecule has 0 aromatic heterocycles. The van der Waals surface area contributed by atoms with Crippen molar-refractivity contribution in [3.63, 3.8) is 0 Å². The molecule has 2 heterocycles. The molecule has 0 saturated heterocycles. The van der Waals surface area contributed by atoms with Gasteiger partial charge in [0.1, 0.15) is 11.9 Å². The van der Waals surface area contributed by atoms with Gasteiger partial charge in [-0.1, -0.05) is 30.3 Å². The largest absolute Gasteiger partial charge is 0.375 e. The molecular weight excluding hydrogens is 260 g/mol. The summed E-state index contributed by atoms with van der Waals surface area (Å²) in [7, 11) is 1.76. The highest BCUT2D eigenvalue weighted by Crippen LogP contribution is 2.29. The summed E-state index contributed by atoms with van der Waals surface area (Å²) >= 11 is 0. The molecule has 1 unspecified atom stereocenters. The maximum absolute atomic E-state index is 5.68. The Hall–Kier alpha value is -2.13. The Balaban J connectivity index is 1.95. The molecule has 0 bridgehead atoms. The number of aryl methyl sites for hydroxylation is 1. The summed E-state index contributed by atoms with van der Waals surface area (Å²) in [5.41, 5.74) is 4.76. The summed E-state index contributed by atoms with van der Waals surface area (Å²) in [6.07, 6.45) is 2.10. The fourth-order valence-electron chi connectivity index (χ4n) is 2.71. The van der Waals surface area contributed by atoms with Crippen LogP contribution in [0.5, 0.6) is 0 Å². The first-order valence-corrected chi connectivity index (χ1v) is 7.20. The minimum Gasteiger partial charge on any atom is -0.375 e. The van der Waals surface area contributed by atoms with Gasteiger partial charge in [0, 0.05) is 24.6 Å². The van der Waals surface area contributed by atoms with Gasteiger partial charge < -0.3 is 9.30 Å². The zero-order valence-electron chi connectivity index (χ0n) is 12.7. The van der Waals surface area contributed by atoms with Crippen molar-refractivity contribution in [1.82, 2.24) is 9.55 Å². The van der Waals surface area contributed by atoms with E-state index in [9.17, 15) is 0 Å². The van der Waals surface area contributed by atoms with Crippen molar-refractivity contribution in [3.8, 4) is 11.4 Å². The Morgan fingerprint density at radius 1 is 1.10 bits per heavy atom. The van der Waals surface area contributed by atoms with Crippen LogP contribution in [-0.2, 0) is 11.3 Å². The van der Waals surface area contributed by atoms with E-state index in [2.05, 4.69) is 48.9 Å². The topological polar surface area (TPSA) is 27.1 Å². The van der Waals surface area contributed by atoms with Crippen molar-refractivity contribution < 1.29 is 4.74 Å². The summed E-state index contributed by atoms with van der Waals surface area (Å²) in [5.74, 6) is 1.03. The molecule has 1 aromatic carbocycles. The van der Waals surface area contributed by atoms with Crippen LogP contribution in [0, 0.1) is 13.8 Å². The second-order valence-corrected chi connectivity index (χ2v) is 5.36. The Morgan fingerprint density at radius 3 is 2.57 bits per heavy atom. The van der Waals surface area contributed by atoms with E-state index >= 15 is 0 Å². The Bertz CT molecular complexity index is 703. The predicted molar refractivity (Wildman–Crippen MR) is 84.5 cm³/mol. The lowest BCUT2D eigenvalue weighted by atomic mass is 10.1. The predicted octanol–water partition coefficient (Wildman–Crippen LogP) is 3.99. The lowest BCUT2D eigenvalue weighted by Gasteiger charge is -2.19. The number of rotatable bonds is 4. The monoisotopic (exact) mass is 280 g/mol. The number of ether oxygens (including phenoxy) is 1. The van der Waals surface area contributed by atoms with Gasteiger partial charge in [0.2, 0.25) is 0 Å². The number of nitrogens with zero attached hydrogens (tertiary/aromatic N) is 2. The number of methoxy groups -OCH3 is 1. The van der Waals surface area contributed by atoms with Gasteiger partial charge in [-0.15, -0.1) is 0 Å². The molecule has 0 radical (unpaired) electrons. The summed E-state index contributed by atoms with van der Waals surface area (Å²) in [4.78, 5) is 4.70. The molecule has 3 rings (SSSR count). The lowest BCUT2D eigenvalue weighted by molar-refractivity contribution is 0.0879. The van der Waals surface area contributed by atoms with Crippen LogP contribution in [0.4, 0.5) is 0 Å². The Morgan fingerprint density at radius 2 is 1.86 bits per heavy atom. The highest BCUT2D eigenvalue weighted by atomic mass is 16.5. The van der Waals surface area contributed by atoms with Crippen molar-refractivity contribution in [3.05, 3.63) is 65.5 Å². The molecule has 0 amide bonds. The maximum Gasteiger partial charge on any atom is 0.140 e. The van der Waals surface area contributed by atoms with E-state index < -0.39 is 0 Å². The number of hydrogen-bond acceptors (Lipinski definition) is 2. The van der Waals surface area contributed by atoms with E-state index in [0.717, 1.165) is 18.1 Å². The second kappa shape index (κ2) is 5.70. The van der Waals surface area contributed by atoms with Crippen molar-refractivity contribution in [2.75, 3.05) is 7.11 Å². The standard InChI is InChI=1S/C18H20N2O/c1-13-14(2)19-18-16(13)10-7-11-20(18)12-17(21-3)15-8-5-4-6-9-15/h4-11,17H,12H2,1-3H3. The van der Waals surface area contributed by atoms with Crippen LogP contribution in [0.2, 0.25) is 0 Å². The van der Waals surface area contributed by atoms with Gasteiger partial charge in [0.15, 0.2) is 0 Å². The molecule has 0 fully saturated rings. The van der Waals surface area contributed by atoms with E-state index in [-0.39, 0.29) is 6.10 Å². The van der Waals surface area contributed by atoms with Gasteiger partial charge in [0.25, 0.3) is 0 Å². The molecule has 1 aromatic rings. The van der Waals surface area contributed by atoms with Crippen LogP contribution in [0.25, 0.3) is 11.4 Å². The van der Waals surface area contributed by atoms with E-state index in [0.29, 0.717) is 0 Å². The quantitative estimate of drug-likeness (QED) is 0.722. The molecule has 0 spiro atoms. The van der Waals surface area contributed by atoms with Crippen molar-refractivity contribution in [2.24, 2.45) is 0 Å². The van der Waals surface area contributed by atoms with Crippen molar-refractivity contribution in [1.29, 1.82) is 0 Å². The van der Waals surface area contributed by atoms with Gasteiger partial charge in [-0.05, 0) is 37.1 Å². The highest BCUT2D eigenvalue weighted by molar-refractivity contribution is 5.64. The number of aromatic nitrogens is 2. The lowest BCUT2D eigenvalue weighted by Crippen LogP contribution is -2.13. The summed E-state index contributed by atoms with van der Waals surface area (Å²) in [6.45, 7) is 4.94. The summed E-state index contributed by atoms with van der Waals surface area (Å²) < 4.78 is 7.85. The molecule has 0 N–H and O–H groups in total. The third-order valence-electron chi connectivity index (χ3n) is 4.08. The fourth-order valence-corrected chi connectivity index (χ4v) is 2.71. The average molecular weight is 280 g/mol. The smallest absolute Gasteiger partial charge is 0.140 e. The van der Waals surface area contributed by atoms with Gasteiger partial charge in [-0.25, -0.2) is 4.98 Å². The average Bonchev–Trinajstić information content (AvgIpc) is 2.82. The highest BCUT2D eigenvalue weighted by Gasteiger charge is 2.18. The first-order valence-electron chi connectivity index (χ1n) is 7.20. The minimum absolute atomic E-state index is 0.0270. The van der Waals surface area contributed by atoms with Crippen LogP contribution in [0.15, 0.2) is 48.7 Å². The zero-order valence-corrected chi connectivity index (χ0v) is 12.7. The first kappa shape index (κ1) is 13.8. The Kier molecular flexibility index (Phi) is 3.76. The normalized spacial score (nSPS) is 12.7. The first-order chi connectivity index (χ1) is 10.2. The number of hydrogen-bond donors (Lipinski definition) is 0. The molecule has 21 heavy (non-hydrogen) atoms. The van der Waals surface area contributed by atoms with E-state index in [1.54, 1.807) is 7.11 Å². The number of fused-ring (bicyclic) bond motifs is 1. The molecule has 0 aliphatic carbocycles. The number of benzene rings is 1. The third kappa shape index (κ3) is 2.57. The molecule has 2 aliphatic rings. The van der Waals surface area contributed by atoms with Crippen LogP contribution < -0.4 is 0 Å². The maximum atomic E-state index is 5.68. The molecule has 3 nitrogen and oxygen atoms in total. The SMILES string of the molecule is COC(Cn1cccc2c(C)c(C)nc1-2)c1ccccc1. The summed E-state index contributed by atoms with van der Waals surface area (Å²) in [5, 5.41) is 0. The Labute approximate surface area is 125 Å². The van der Waals surface area contributed by atoms with Gasteiger partial charge in [-0.3, -0.25) is 0 Å². The van der Waals surface area contributed by atoms with Crippen molar-refractivity contribution in [2.45, 2.75) is 26.5 Å². The van der Waals surface area contributed by atoms with Crippen LogP contribution >= 0.6 is 0 Å². The zero-order chi connectivity index (χ0) is 14.8. The fraction of sp³-hybridized carbons (Fsp3) is 0.278. The van der Waals surface area contributed by atoms with Crippen LogP contribution in [0.1, 0.15) is 22.9 Å². The van der Waals surface area contributed by atoms with Crippen molar-refractivity contribution >= 4 is 0 Å². The third-order valence-corrected chi connectivity index (χ3v) is 4.08. The molecular formula is C18H20N2O. The van der Waals surface area contributed by atoms with E-state index in [4.69, 9.17) is 9.72 Å². The molecule has 108 valence electrons. The number of pyridine rings is 1. The summed E-state index contributed by atoms with van der Waals surface area (Å²) in [6, 6.07) is 14.5. The molecule has 1 atom stereocenters. The van der Waals surface area contributed by atoms with Crippen LogP contribution in [0.3, 0.4) is 0 Å². The van der Waals surface area contributed by atoms with E-state index in [1.165, 1.54) is 16.7 Å². The van der Waals surface area contributed by atoms with Gasteiger partial charge in [0.05, 0.1) is 6.54 Å². The molecule has 0 saturated carbocycles. The van der Waals surface area contributed by atoms with E-state index in [1.807, 2.05) is 18.2 Å². The minimum atomic E-state index is 0.0270. The van der Waals surface area contributed by atoms with Gasteiger partial charge >= 0.3 is 0 Å². The van der Waals surface area contributed by atoms with Crippen LogP contribution in [-0.4, -0.2) is 16.7 Å². The second-order valence-electron chi connectivity index (χ2n) is 5.36. The molecule has 2 aliphatic heterocycles. The van der Waals surface area contributed by atoms with Gasteiger partial charge in [-0.2, -0.15) is 0 Å².